The van der Waals surface area contributed by atoms with Crippen LogP contribution in [0.25, 0.3) is 0 Å². The van der Waals surface area contributed by atoms with Gasteiger partial charge in [-0.2, -0.15) is 0 Å². The summed E-state index contributed by atoms with van der Waals surface area (Å²) in [6, 6.07) is 4.16. The fraction of sp³-hybridized carbons (Fsp3) is 0.222. The Kier molecular flexibility index (Phi) is 5.00. The predicted molar refractivity (Wildman–Crippen MR) is 98.7 cm³/mol. The van der Waals surface area contributed by atoms with Gasteiger partial charge in [-0.15, -0.1) is 11.8 Å². The van der Waals surface area contributed by atoms with Gasteiger partial charge in [0.15, 0.2) is 11.6 Å². The van der Waals surface area contributed by atoms with Crippen LogP contribution in [0, 0.1) is 0 Å². The van der Waals surface area contributed by atoms with Crippen molar-refractivity contribution < 1.29 is 19.8 Å². The van der Waals surface area contributed by atoms with Crippen LogP contribution in [0.5, 0.6) is 11.5 Å². The molecule has 0 atom stereocenters. The van der Waals surface area contributed by atoms with Crippen molar-refractivity contribution in [3.8, 4) is 11.5 Å². The molecule has 0 fully saturated rings. The van der Waals surface area contributed by atoms with Crippen molar-refractivity contribution in [2.24, 2.45) is 0 Å². The summed E-state index contributed by atoms with van der Waals surface area (Å²) >= 11 is 13.5. The molecule has 2 aromatic carbocycles. The Hall–Kier alpha value is -1.69. The Labute approximate surface area is 158 Å². The second-order valence-electron chi connectivity index (χ2n) is 5.63. The van der Waals surface area contributed by atoms with Crippen LogP contribution in [0.2, 0.25) is 10.0 Å². The highest BCUT2D eigenvalue weighted by molar-refractivity contribution is 7.99. The molecule has 0 unspecified atom stereocenters. The van der Waals surface area contributed by atoms with Crippen LogP contribution in [0.15, 0.2) is 23.1 Å². The standard InChI is InChI=1S/C18H14Cl2O4S/c1-2-3-6-25-11-7-10(21)14-15(16(11)22)18(24)13-9(20)5-4-8(19)12(13)17(14)23/h4-5,7,21-22H,2-3,6H2,1H3. The number of rotatable bonds is 4. The maximum atomic E-state index is 12.9. The SMILES string of the molecule is CCCCSc1cc(O)c2c(c1O)C(=O)c1c(Cl)ccc(Cl)c1C2=O. The lowest BCUT2D eigenvalue weighted by Gasteiger charge is -2.22. The normalized spacial score (nSPS) is 12.9. The second kappa shape index (κ2) is 6.90. The molecule has 0 radical (unpaired) electrons. The third-order valence-corrected chi connectivity index (χ3v) is 5.76. The van der Waals surface area contributed by atoms with Crippen LogP contribution in [-0.2, 0) is 0 Å². The Bertz CT molecular complexity index is 909. The topological polar surface area (TPSA) is 74.6 Å². The van der Waals surface area contributed by atoms with Gasteiger partial charge in [0.1, 0.15) is 11.5 Å². The number of fused-ring (bicyclic) bond motifs is 2. The lowest BCUT2D eigenvalue weighted by atomic mass is 9.83. The van der Waals surface area contributed by atoms with Gasteiger partial charge in [0.25, 0.3) is 0 Å². The maximum absolute atomic E-state index is 12.9. The first-order chi connectivity index (χ1) is 11.9. The molecule has 2 aromatic rings. The monoisotopic (exact) mass is 396 g/mol. The first-order valence-electron chi connectivity index (χ1n) is 7.67. The van der Waals surface area contributed by atoms with Crippen LogP contribution in [0.3, 0.4) is 0 Å². The van der Waals surface area contributed by atoms with E-state index in [1.54, 1.807) is 0 Å². The number of benzene rings is 2. The zero-order valence-electron chi connectivity index (χ0n) is 13.2. The minimum absolute atomic E-state index is 0.0444. The van der Waals surface area contributed by atoms with Gasteiger partial charge in [-0.1, -0.05) is 36.5 Å². The molecule has 0 aromatic heterocycles. The van der Waals surface area contributed by atoms with Crippen molar-refractivity contribution in [1.29, 1.82) is 0 Å². The number of phenolic OH excluding ortho intramolecular Hbond substituents is 2. The Morgan fingerprint density at radius 1 is 0.960 bits per heavy atom. The molecule has 0 heterocycles. The molecule has 0 saturated heterocycles. The molecule has 0 aliphatic heterocycles. The highest BCUT2D eigenvalue weighted by Crippen LogP contribution is 2.45. The van der Waals surface area contributed by atoms with Gasteiger partial charge in [0.2, 0.25) is 0 Å². The Balaban J connectivity index is 2.22. The van der Waals surface area contributed by atoms with Crippen LogP contribution < -0.4 is 0 Å². The number of thioether (sulfide) groups is 1. The number of aromatic hydroxyl groups is 2. The van der Waals surface area contributed by atoms with Crippen LogP contribution >= 0.6 is 35.0 Å². The summed E-state index contributed by atoms with van der Waals surface area (Å²) in [6.07, 6.45) is 1.89. The average molecular weight is 397 g/mol. The second-order valence-corrected chi connectivity index (χ2v) is 7.58. The van der Waals surface area contributed by atoms with Crippen molar-refractivity contribution in [2.45, 2.75) is 24.7 Å². The van der Waals surface area contributed by atoms with Crippen molar-refractivity contribution in [3.63, 3.8) is 0 Å². The lowest BCUT2D eigenvalue weighted by Crippen LogP contribution is -2.22. The third-order valence-electron chi connectivity index (χ3n) is 4.01. The summed E-state index contributed by atoms with van der Waals surface area (Å²) in [5.74, 6) is -1.20. The predicted octanol–water partition coefficient (Wildman–Crippen LogP) is 5.07. The number of hydrogen-bond donors (Lipinski definition) is 2. The summed E-state index contributed by atoms with van der Waals surface area (Å²) in [5, 5.41) is 21.0. The zero-order chi connectivity index (χ0) is 18.3. The number of phenols is 2. The molecular formula is C18H14Cl2O4S. The summed E-state index contributed by atoms with van der Waals surface area (Å²) in [6.45, 7) is 2.04. The van der Waals surface area contributed by atoms with Gasteiger partial charge >= 0.3 is 0 Å². The smallest absolute Gasteiger partial charge is 0.199 e. The van der Waals surface area contributed by atoms with E-state index in [0.717, 1.165) is 12.8 Å². The van der Waals surface area contributed by atoms with Gasteiger partial charge < -0.3 is 10.2 Å². The molecule has 25 heavy (non-hydrogen) atoms. The van der Waals surface area contributed by atoms with E-state index in [2.05, 4.69) is 0 Å². The molecule has 3 rings (SSSR count). The van der Waals surface area contributed by atoms with E-state index in [0.29, 0.717) is 10.6 Å². The lowest BCUT2D eigenvalue weighted by molar-refractivity contribution is 0.0974. The number of carbonyl (C=O) groups is 2. The largest absolute Gasteiger partial charge is 0.507 e. The maximum Gasteiger partial charge on any atom is 0.199 e. The first-order valence-corrected chi connectivity index (χ1v) is 9.41. The fourth-order valence-electron chi connectivity index (χ4n) is 2.77. The summed E-state index contributed by atoms with van der Waals surface area (Å²) in [7, 11) is 0. The molecular weight excluding hydrogens is 383 g/mol. The van der Waals surface area contributed by atoms with E-state index in [4.69, 9.17) is 23.2 Å². The summed E-state index contributed by atoms with van der Waals surface area (Å²) in [5.41, 5.74) is -0.551. The molecule has 7 heteroatoms. The van der Waals surface area contributed by atoms with E-state index >= 15 is 0 Å². The number of hydrogen-bond acceptors (Lipinski definition) is 5. The van der Waals surface area contributed by atoms with Gasteiger partial charge in [-0.3, -0.25) is 9.59 Å². The van der Waals surface area contributed by atoms with Crippen molar-refractivity contribution >= 4 is 46.5 Å². The molecule has 1 aliphatic rings. The molecule has 1 aliphatic carbocycles. The van der Waals surface area contributed by atoms with Gasteiger partial charge in [0.05, 0.1) is 37.2 Å². The molecule has 0 bridgehead atoms. The van der Waals surface area contributed by atoms with Gasteiger partial charge in [-0.05, 0) is 30.4 Å². The first kappa shape index (κ1) is 18.1. The zero-order valence-corrected chi connectivity index (χ0v) is 15.6. The third kappa shape index (κ3) is 2.90. The van der Waals surface area contributed by atoms with Crippen molar-refractivity contribution in [1.82, 2.24) is 0 Å². The van der Waals surface area contributed by atoms with E-state index in [1.165, 1.54) is 30.0 Å². The molecule has 0 amide bonds. The molecule has 130 valence electrons. The highest BCUT2D eigenvalue weighted by Gasteiger charge is 2.38. The summed E-state index contributed by atoms with van der Waals surface area (Å²) < 4.78 is 0. The van der Waals surface area contributed by atoms with E-state index < -0.39 is 11.6 Å². The van der Waals surface area contributed by atoms with Gasteiger partial charge in [0, 0.05) is 0 Å². The molecule has 4 nitrogen and oxygen atoms in total. The number of ketones is 2. The highest BCUT2D eigenvalue weighted by atomic mass is 35.5. The number of halogens is 2. The fourth-order valence-corrected chi connectivity index (χ4v) is 4.34. The van der Waals surface area contributed by atoms with E-state index in [1.807, 2.05) is 6.92 Å². The van der Waals surface area contributed by atoms with Crippen LogP contribution in [0.1, 0.15) is 51.6 Å². The Morgan fingerprint density at radius 2 is 1.52 bits per heavy atom. The van der Waals surface area contributed by atoms with Crippen molar-refractivity contribution in [2.75, 3.05) is 5.75 Å². The van der Waals surface area contributed by atoms with Crippen LogP contribution in [-0.4, -0.2) is 27.5 Å². The van der Waals surface area contributed by atoms with Crippen LogP contribution in [0.4, 0.5) is 0 Å². The number of unbranched alkanes of at least 4 members (excludes halogenated alkanes) is 1. The summed E-state index contributed by atoms with van der Waals surface area (Å²) in [4.78, 5) is 26.1. The average Bonchev–Trinajstić information content (AvgIpc) is 2.57. The van der Waals surface area contributed by atoms with E-state index in [-0.39, 0.29) is 43.8 Å². The van der Waals surface area contributed by atoms with Gasteiger partial charge in [-0.25, -0.2) is 0 Å². The van der Waals surface area contributed by atoms with E-state index in [9.17, 15) is 19.8 Å². The Morgan fingerprint density at radius 3 is 2.08 bits per heavy atom. The minimum atomic E-state index is -0.630. The molecule has 0 saturated carbocycles. The molecule has 0 spiro atoms. The minimum Gasteiger partial charge on any atom is -0.507 e. The number of carbonyl (C=O) groups excluding carboxylic acids is 2. The molecule has 2 N–H and O–H groups in total. The quantitative estimate of drug-likeness (QED) is 0.365. The van der Waals surface area contributed by atoms with Crippen molar-refractivity contribution in [3.05, 3.63) is 50.5 Å².